The fourth-order valence-corrected chi connectivity index (χ4v) is 3.15. The molecule has 0 aliphatic rings. The first-order valence-corrected chi connectivity index (χ1v) is 9.51. The Bertz CT molecular complexity index is 1110. The summed E-state index contributed by atoms with van der Waals surface area (Å²) in [5.41, 5.74) is -3.06. The quantitative estimate of drug-likeness (QED) is 0.467. The Hall–Kier alpha value is -2.79. The van der Waals surface area contributed by atoms with E-state index in [-0.39, 0.29) is 29.0 Å². The lowest BCUT2D eigenvalue weighted by molar-refractivity contribution is -0.143. The van der Waals surface area contributed by atoms with Gasteiger partial charge in [-0.25, -0.2) is 4.68 Å². The molecule has 32 heavy (non-hydrogen) atoms. The molecule has 0 atom stereocenters. The fourth-order valence-electron chi connectivity index (χ4n) is 2.73. The number of benzene rings is 2. The van der Waals surface area contributed by atoms with Crippen molar-refractivity contribution in [2.24, 2.45) is 0 Å². The number of aromatic nitrogens is 3. The molecule has 0 bridgehead atoms. The topological polar surface area (TPSA) is 59.8 Å². The highest BCUT2D eigenvalue weighted by Crippen LogP contribution is 2.36. The zero-order chi connectivity index (χ0) is 23.7. The predicted molar refractivity (Wildman–Crippen MR) is 103 cm³/mol. The van der Waals surface area contributed by atoms with E-state index in [9.17, 15) is 31.1 Å². The third kappa shape index (κ3) is 5.52. The van der Waals surface area contributed by atoms with E-state index in [4.69, 9.17) is 23.2 Å². The Balaban J connectivity index is 1.82. The summed E-state index contributed by atoms with van der Waals surface area (Å²) in [7, 11) is 0. The second kappa shape index (κ2) is 8.99. The van der Waals surface area contributed by atoms with E-state index in [1.165, 1.54) is 0 Å². The molecule has 0 saturated heterocycles. The molecular formula is C19H12Cl2F6N4O. The summed E-state index contributed by atoms with van der Waals surface area (Å²) in [5, 5.41) is 9.72. The second-order valence-corrected chi connectivity index (χ2v) is 7.34. The van der Waals surface area contributed by atoms with Crippen LogP contribution in [0.2, 0.25) is 10.2 Å². The second-order valence-electron chi connectivity index (χ2n) is 6.57. The number of rotatable bonds is 5. The van der Waals surface area contributed by atoms with Crippen LogP contribution in [-0.4, -0.2) is 20.9 Å². The number of hydrogen-bond acceptors (Lipinski definition) is 3. The van der Waals surface area contributed by atoms with Crippen LogP contribution in [0.5, 0.6) is 0 Å². The van der Waals surface area contributed by atoms with Gasteiger partial charge in [0.25, 0.3) is 5.91 Å². The van der Waals surface area contributed by atoms with Gasteiger partial charge in [0.1, 0.15) is 0 Å². The molecule has 1 aromatic heterocycles. The van der Waals surface area contributed by atoms with Crippen LogP contribution in [0.1, 0.15) is 32.7 Å². The summed E-state index contributed by atoms with van der Waals surface area (Å²) in [5.74, 6) is -0.749. The Kier molecular flexibility index (Phi) is 6.70. The summed E-state index contributed by atoms with van der Waals surface area (Å²) >= 11 is 12.0. The minimum absolute atomic E-state index is 0.0139. The molecule has 0 aliphatic heterocycles. The number of alkyl halides is 6. The minimum atomic E-state index is -4.99. The van der Waals surface area contributed by atoms with Crippen molar-refractivity contribution in [3.05, 3.63) is 80.6 Å². The van der Waals surface area contributed by atoms with Crippen molar-refractivity contribution in [3.8, 4) is 0 Å². The van der Waals surface area contributed by atoms with Crippen LogP contribution in [-0.2, 0) is 25.4 Å². The lowest BCUT2D eigenvalue weighted by Gasteiger charge is -2.14. The van der Waals surface area contributed by atoms with Crippen LogP contribution in [0.25, 0.3) is 0 Å². The highest BCUT2D eigenvalue weighted by molar-refractivity contribution is 6.32. The average Bonchev–Trinajstić information content (AvgIpc) is 3.06. The Morgan fingerprint density at radius 1 is 0.969 bits per heavy atom. The standard InChI is InChI=1S/C19H12Cl2F6N4O/c20-14-4-2-1-3-11(14)8-28-17(32)15-16(21)31(30-29-15)9-10-5-12(18(22,23)24)7-13(6-10)19(25,26)27/h1-7H,8-9H2,(H,28,32). The minimum Gasteiger partial charge on any atom is -0.346 e. The molecule has 0 radical (unpaired) electrons. The van der Waals surface area contributed by atoms with Crippen molar-refractivity contribution < 1.29 is 31.1 Å². The van der Waals surface area contributed by atoms with Gasteiger partial charge in [-0.1, -0.05) is 46.6 Å². The van der Waals surface area contributed by atoms with Crippen molar-refractivity contribution in [1.29, 1.82) is 0 Å². The molecule has 0 unspecified atom stereocenters. The normalized spacial score (nSPS) is 12.1. The maximum Gasteiger partial charge on any atom is 0.416 e. The number of amides is 1. The van der Waals surface area contributed by atoms with Crippen LogP contribution < -0.4 is 5.32 Å². The van der Waals surface area contributed by atoms with Crippen molar-refractivity contribution in [3.63, 3.8) is 0 Å². The summed E-state index contributed by atoms with van der Waals surface area (Å²) in [6.07, 6.45) is -9.99. The SMILES string of the molecule is O=C(NCc1ccccc1Cl)c1nnn(Cc2cc(C(F)(F)F)cc(C(F)(F)F)c2)c1Cl. The predicted octanol–water partition coefficient (Wildman–Crippen LogP) is 5.60. The molecule has 2 aromatic carbocycles. The molecule has 1 N–H and O–H groups in total. The van der Waals surface area contributed by atoms with Crippen LogP contribution in [0.3, 0.4) is 0 Å². The van der Waals surface area contributed by atoms with Crippen molar-refractivity contribution in [2.75, 3.05) is 0 Å². The molecule has 170 valence electrons. The van der Waals surface area contributed by atoms with Gasteiger partial charge in [0.2, 0.25) is 0 Å². The Morgan fingerprint density at radius 3 is 2.12 bits per heavy atom. The van der Waals surface area contributed by atoms with Gasteiger partial charge in [-0.15, -0.1) is 5.10 Å². The number of carbonyl (C=O) groups excluding carboxylic acids is 1. The smallest absolute Gasteiger partial charge is 0.346 e. The van der Waals surface area contributed by atoms with E-state index in [0.717, 1.165) is 4.68 Å². The Labute approximate surface area is 186 Å². The third-order valence-corrected chi connectivity index (χ3v) is 5.01. The average molecular weight is 497 g/mol. The first-order valence-electron chi connectivity index (χ1n) is 8.75. The van der Waals surface area contributed by atoms with Crippen LogP contribution in [0.4, 0.5) is 26.3 Å². The molecule has 0 spiro atoms. The van der Waals surface area contributed by atoms with E-state index in [1.54, 1.807) is 24.3 Å². The summed E-state index contributed by atoms with van der Waals surface area (Å²) in [6.45, 7) is -0.541. The highest BCUT2D eigenvalue weighted by atomic mass is 35.5. The number of hydrogen-bond donors (Lipinski definition) is 1. The molecular weight excluding hydrogens is 485 g/mol. The van der Waals surface area contributed by atoms with E-state index < -0.39 is 35.9 Å². The van der Waals surface area contributed by atoms with Crippen LogP contribution >= 0.6 is 23.2 Å². The monoisotopic (exact) mass is 496 g/mol. The molecule has 3 rings (SSSR count). The fraction of sp³-hybridized carbons (Fsp3) is 0.211. The Morgan fingerprint density at radius 2 is 1.56 bits per heavy atom. The highest BCUT2D eigenvalue weighted by Gasteiger charge is 2.37. The van der Waals surface area contributed by atoms with Gasteiger partial charge in [-0.3, -0.25) is 4.79 Å². The van der Waals surface area contributed by atoms with E-state index >= 15 is 0 Å². The van der Waals surface area contributed by atoms with Crippen molar-refractivity contribution >= 4 is 29.1 Å². The lowest BCUT2D eigenvalue weighted by Crippen LogP contribution is -2.23. The van der Waals surface area contributed by atoms with Gasteiger partial charge in [-0.2, -0.15) is 26.3 Å². The van der Waals surface area contributed by atoms with E-state index in [0.29, 0.717) is 22.7 Å². The zero-order valence-electron chi connectivity index (χ0n) is 15.7. The van der Waals surface area contributed by atoms with Gasteiger partial charge < -0.3 is 5.32 Å². The van der Waals surface area contributed by atoms with Gasteiger partial charge in [0, 0.05) is 11.6 Å². The molecule has 1 amide bonds. The molecule has 13 heteroatoms. The number of halogens is 8. The van der Waals surface area contributed by atoms with E-state index in [2.05, 4.69) is 15.6 Å². The molecule has 5 nitrogen and oxygen atoms in total. The molecule has 0 saturated carbocycles. The van der Waals surface area contributed by atoms with Gasteiger partial charge in [0.05, 0.1) is 17.7 Å². The molecule has 3 aromatic rings. The van der Waals surface area contributed by atoms with Crippen molar-refractivity contribution in [2.45, 2.75) is 25.4 Å². The molecule has 0 fully saturated rings. The number of nitrogens with zero attached hydrogens (tertiary/aromatic N) is 3. The molecule has 0 aliphatic carbocycles. The van der Waals surface area contributed by atoms with Gasteiger partial charge in [0.15, 0.2) is 10.8 Å². The third-order valence-electron chi connectivity index (χ3n) is 4.27. The summed E-state index contributed by atoms with van der Waals surface area (Å²) in [4.78, 5) is 12.3. The first kappa shape index (κ1) is 23.9. The van der Waals surface area contributed by atoms with Gasteiger partial charge in [-0.05, 0) is 35.4 Å². The summed E-state index contributed by atoms with van der Waals surface area (Å²) < 4.78 is 79.0. The number of carbonyl (C=O) groups is 1. The van der Waals surface area contributed by atoms with Crippen LogP contribution in [0.15, 0.2) is 42.5 Å². The zero-order valence-corrected chi connectivity index (χ0v) is 17.2. The van der Waals surface area contributed by atoms with E-state index in [1.807, 2.05) is 0 Å². The van der Waals surface area contributed by atoms with Crippen LogP contribution in [0, 0.1) is 0 Å². The number of nitrogens with one attached hydrogen (secondary N) is 1. The van der Waals surface area contributed by atoms with Crippen molar-refractivity contribution in [1.82, 2.24) is 20.3 Å². The molecule has 1 heterocycles. The maximum absolute atomic E-state index is 13.0. The largest absolute Gasteiger partial charge is 0.416 e. The lowest BCUT2D eigenvalue weighted by atomic mass is 10.0. The first-order chi connectivity index (χ1) is 14.9. The summed E-state index contributed by atoms with van der Waals surface area (Å²) in [6, 6.07) is 7.81. The van der Waals surface area contributed by atoms with Gasteiger partial charge >= 0.3 is 12.4 Å². The maximum atomic E-state index is 13.0.